The lowest BCUT2D eigenvalue weighted by molar-refractivity contribution is -0.165. The van der Waals surface area contributed by atoms with Crippen molar-refractivity contribution in [2.75, 3.05) is 0 Å². The van der Waals surface area contributed by atoms with Crippen molar-refractivity contribution in [1.82, 2.24) is 0 Å². The highest BCUT2D eigenvalue weighted by molar-refractivity contribution is 5.76. The molecule has 18 heavy (non-hydrogen) atoms. The summed E-state index contributed by atoms with van der Waals surface area (Å²) in [4.78, 5) is 12.3. The number of esters is 1. The molecule has 0 spiro atoms. The van der Waals surface area contributed by atoms with Crippen LogP contribution in [-0.2, 0) is 9.53 Å². The van der Waals surface area contributed by atoms with Crippen molar-refractivity contribution < 1.29 is 9.53 Å². The first kappa shape index (κ1) is 17.5. The summed E-state index contributed by atoms with van der Waals surface area (Å²) in [7, 11) is 0. The van der Waals surface area contributed by atoms with Crippen LogP contribution in [0.1, 0.15) is 74.1 Å². The first-order chi connectivity index (χ1) is 8.22. The van der Waals surface area contributed by atoms with Crippen LogP contribution in [0.3, 0.4) is 0 Å². The summed E-state index contributed by atoms with van der Waals surface area (Å²) in [5.74, 6) is 0.715. The number of rotatable bonds is 8. The van der Waals surface area contributed by atoms with E-state index in [2.05, 4.69) is 34.6 Å². The molecule has 0 radical (unpaired) electrons. The van der Waals surface area contributed by atoms with E-state index in [1.165, 1.54) is 12.8 Å². The van der Waals surface area contributed by atoms with E-state index >= 15 is 0 Å². The maximum absolute atomic E-state index is 12.3. The molecule has 0 aromatic heterocycles. The Balaban J connectivity index is 4.43. The van der Waals surface area contributed by atoms with Crippen LogP contribution in [0.4, 0.5) is 0 Å². The fraction of sp³-hybridized carbons (Fsp3) is 0.938. The van der Waals surface area contributed by atoms with Crippen LogP contribution in [0.2, 0.25) is 0 Å². The Morgan fingerprint density at radius 3 is 1.94 bits per heavy atom. The van der Waals surface area contributed by atoms with Crippen molar-refractivity contribution in [3.8, 4) is 0 Å². The Labute approximate surface area is 113 Å². The molecule has 0 heterocycles. The fourth-order valence-corrected chi connectivity index (χ4v) is 2.24. The van der Waals surface area contributed by atoms with E-state index in [9.17, 15) is 4.79 Å². The van der Waals surface area contributed by atoms with Crippen LogP contribution in [0, 0.1) is 17.3 Å². The van der Waals surface area contributed by atoms with Gasteiger partial charge in [0.05, 0.1) is 5.41 Å². The summed E-state index contributed by atoms with van der Waals surface area (Å²) in [6.07, 6.45) is 4.43. The minimum Gasteiger partial charge on any atom is -0.461 e. The Kier molecular flexibility index (Phi) is 7.58. The van der Waals surface area contributed by atoms with Crippen molar-refractivity contribution in [2.45, 2.75) is 80.3 Å². The van der Waals surface area contributed by atoms with E-state index in [0.717, 1.165) is 12.8 Å². The molecule has 0 aliphatic heterocycles. The van der Waals surface area contributed by atoms with Gasteiger partial charge in [0, 0.05) is 0 Å². The maximum atomic E-state index is 12.3. The molecule has 0 unspecified atom stereocenters. The van der Waals surface area contributed by atoms with Crippen LogP contribution < -0.4 is 0 Å². The number of carbonyl (C=O) groups excluding carboxylic acids is 1. The third kappa shape index (κ3) is 5.88. The summed E-state index contributed by atoms with van der Waals surface area (Å²) in [6.45, 7) is 14.6. The predicted octanol–water partition coefficient (Wildman–Crippen LogP) is 4.82. The minimum absolute atomic E-state index is 0.0305. The van der Waals surface area contributed by atoms with Gasteiger partial charge in [-0.3, -0.25) is 4.79 Å². The van der Waals surface area contributed by atoms with E-state index in [-0.39, 0.29) is 17.5 Å². The highest BCUT2D eigenvalue weighted by Gasteiger charge is 2.32. The molecule has 0 N–H and O–H groups in total. The fourth-order valence-electron chi connectivity index (χ4n) is 2.24. The van der Waals surface area contributed by atoms with Crippen LogP contribution >= 0.6 is 0 Å². The smallest absolute Gasteiger partial charge is 0.311 e. The lowest BCUT2D eigenvalue weighted by atomic mass is 9.86. The third-order valence-electron chi connectivity index (χ3n) is 3.52. The maximum Gasteiger partial charge on any atom is 0.311 e. The second-order valence-corrected chi connectivity index (χ2v) is 6.70. The van der Waals surface area contributed by atoms with E-state index in [1.54, 1.807) is 0 Å². The van der Waals surface area contributed by atoms with E-state index in [1.807, 2.05) is 13.8 Å². The van der Waals surface area contributed by atoms with Crippen molar-refractivity contribution >= 4 is 5.97 Å². The van der Waals surface area contributed by atoms with Crippen LogP contribution in [0.15, 0.2) is 0 Å². The Hall–Kier alpha value is -0.530. The average molecular weight is 256 g/mol. The number of hydrogen-bond donors (Lipinski definition) is 0. The van der Waals surface area contributed by atoms with Crippen LogP contribution in [0.25, 0.3) is 0 Å². The molecule has 0 atom stereocenters. The molecule has 2 heteroatoms. The molecule has 0 saturated heterocycles. The molecular weight excluding hydrogens is 224 g/mol. The van der Waals surface area contributed by atoms with Crippen LogP contribution in [0.5, 0.6) is 0 Å². The van der Waals surface area contributed by atoms with Gasteiger partial charge in [-0.15, -0.1) is 0 Å². The average Bonchev–Trinajstić information content (AvgIpc) is 2.24. The molecule has 0 rings (SSSR count). The Morgan fingerprint density at radius 2 is 1.56 bits per heavy atom. The highest BCUT2D eigenvalue weighted by Crippen LogP contribution is 2.28. The Bertz CT molecular complexity index is 233. The third-order valence-corrected chi connectivity index (χ3v) is 3.52. The molecule has 0 bridgehead atoms. The SMILES string of the molecule is CCCCCC(C)(C)C(=O)OC(C(C)C)C(C)C. The predicted molar refractivity (Wildman–Crippen MR) is 77.5 cm³/mol. The highest BCUT2D eigenvalue weighted by atomic mass is 16.5. The van der Waals surface area contributed by atoms with Gasteiger partial charge in [0.15, 0.2) is 0 Å². The quantitative estimate of drug-likeness (QED) is 0.460. The second-order valence-electron chi connectivity index (χ2n) is 6.70. The van der Waals surface area contributed by atoms with Gasteiger partial charge in [-0.05, 0) is 32.1 Å². The topological polar surface area (TPSA) is 26.3 Å². The number of hydrogen-bond acceptors (Lipinski definition) is 2. The summed E-state index contributed by atoms with van der Waals surface area (Å²) in [5.41, 5.74) is -0.350. The van der Waals surface area contributed by atoms with Gasteiger partial charge in [0.25, 0.3) is 0 Å². The molecule has 0 aromatic carbocycles. The number of ether oxygens (including phenoxy) is 1. The summed E-state index contributed by atoms with van der Waals surface area (Å²) >= 11 is 0. The molecule has 108 valence electrons. The Morgan fingerprint density at radius 1 is 1.06 bits per heavy atom. The summed E-state index contributed by atoms with van der Waals surface area (Å²) < 4.78 is 5.73. The van der Waals surface area contributed by atoms with Gasteiger partial charge in [-0.1, -0.05) is 53.9 Å². The second kappa shape index (κ2) is 7.81. The first-order valence-corrected chi connectivity index (χ1v) is 7.43. The zero-order valence-corrected chi connectivity index (χ0v) is 13.4. The van der Waals surface area contributed by atoms with Gasteiger partial charge < -0.3 is 4.74 Å². The van der Waals surface area contributed by atoms with Crippen LogP contribution in [-0.4, -0.2) is 12.1 Å². The van der Waals surface area contributed by atoms with Gasteiger partial charge in [-0.2, -0.15) is 0 Å². The molecular formula is C16H32O2. The van der Waals surface area contributed by atoms with Gasteiger partial charge in [0.2, 0.25) is 0 Å². The lowest BCUT2D eigenvalue weighted by Crippen LogP contribution is -2.35. The first-order valence-electron chi connectivity index (χ1n) is 7.43. The van der Waals surface area contributed by atoms with Gasteiger partial charge >= 0.3 is 5.97 Å². The monoisotopic (exact) mass is 256 g/mol. The van der Waals surface area contributed by atoms with E-state index in [0.29, 0.717) is 11.8 Å². The number of carbonyl (C=O) groups is 1. The standard InChI is InChI=1S/C16H32O2/c1-8-9-10-11-16(6,7)15(17)18-14(12(2)3)13(4)5/h12-14H,8-11H2,1-7H3. The zero-order chi connectivity index (χ0) is 14.3. The minimum atomic E-state index is -0.350. The zero-order valence-electron chi connectivity index (χ0n) is 13.4. The number of unbranched alkanes of at least 4 members (excludes halogenated alkanes) is 2. The van der Waals surface area contributed by atoms with E-state index in [4.69, 9.17) is 4.74 Å². The van der Waals surface area contributed by atoms with E-state index < -0.39 is 0 Å². The molecule has 0 aliphatic carbocycles. The van der Waals surface area contributed by atoms with Gasteiger partial charge in [0.1, 0.15) is 6.10 Å². The van der Waals surface area contributed by atoms with Crippen molar-refractivity contribution in [2.24, 2.45) is 17.3 Å². The lowest BCUT2D eigenvalue weighted by Gasteiger charge is -2.30. The van der Waals surface area contributed by atoms with Crippen molar-refractivity contribution in [3.05, 3.63) is 0 Å². The van der Waals surface area contributed by atoms with Gasteiger partial charge in [-0.25, -0.2) is 0 Å². The molecule has 0 saturated carbocycles. The molecule has 0 aliphatic rings. The summed E-state index contributed by atoms with van der Waals surface area (Å²) in [6, 6.07) is 0. The molecule has 0 amide bonds. The summed E-state index contributed by atoms with van der Waals surface area (Å²) in [5, 5.41) is 0. The van der Waals surface area contributed by atoms with Crippen molar-refractivity contribution in [1.29, 1.82) is 0 Å². The van der Waals surface area contributed by atoms with Crippen molar-refractivity contribution in [3.63, 3.8) is 0 Å². The molecule has 0 aromatic rings. The molecule has 0 fully saturated rings. The largest absolute Gasteiger partial charge is 0.461 e. The molecule has 2 nitrogen and oxygen atoms in total. The normalized spacial score (nSPS) is 12.6.